The Hall–Kier alpha value is -0.570. The van der Waals surface area contributed by atoms with Crippen LogP contribution >= 0.6 is 0 Å². The average Bonchev–Trinajstić information content (AvgIpc) is 2.66. The van der Waals surface area contributed by atoms with Gasteiger partial charge in [0.15, 0.2) is 0 Å². The minimum absolute atomic E-state index is 0.501. The molecule has 1 aliphatic rings. The lowest BCUT2D eigenvalue weighted by molar-refractivity contribution is -0.148. The lowest BCUT2D eigenvalue weighted by Gasteiger charge is -2.31. The van der Waals surface area contributed by atoms with Crippen LogP contribution in [0.4, 0.5) is 0 Å². The van der Waals surface area contributed by atoms with Crippen LogP contribution in [0.15, 0.2) is 0 Å². The third-order valence-electron chi connectivity index (χ3n) is 2.50. The van der Waals surface area contributed by atoms with Crippen molar-refractivity contribution in [3.8, 4) is 0 Å². The van der Waals surface area contributed by atoms with E-state index in [1.165, 1.54) is 0 Å². The van der Waals surface area contributed by atoms with E-state index in [2.05, 4.69) is 0 Å². The summed E-state index contributed by atoms with van der Waals surface area (Å²) in [5.41, 5.74) is -0.707. The predicted octanol–water partition coefficient (Wildman–Crippen LogP) is 0.944. The van der Waals surface area contributed by atoms with E-state index >= 15 is 0 Å². The fraction of sp³-hybridized carbons (Fsp3) is 0.875. The van der Waals surface area contributed by atoms with Crippen molar-refractivity contribution in [1.29, 1.82) is 0 Å². The maximum atomic E-state index is 10.8. The predicted molar refractivity (Wildman–Crippen MR) is 42.5 cm³/mol. The highest BCUT2D eigenvalue weighted by Crippen LogP contribution is 2.31. The Balaban J connectivity index is 2.61. The summed E-state index contributed by atoms with van der Waals surface area (Å²) in [6.07, 6.45) is 2.29. The van der Waals surface area contributed by atoms with Gasteiger partial charge in [0.25, 0.3) is 0 Å². The van der Waals surface area contributed by atoms with Gasteiger partial charge in [0.2, 0.25) is 0 Å². The molecule has 0 radical (unpaired) electrons. The summed E-state index contributed by atoms with van der Waals surface area (Å²) in [5.74, 6) is -0.744. The van der Waals surface area contributed by atoms with Crippen molar-refractivity contribution in [3.05, 3.63) is 0 Å². The van der Waals surface area contributed by atoms with E-state index in [1.54, 1.807) is 13.8 Å². The highest BCUT2D eigenvalue weighted by atomic mass is 16.4. The monoisotopic (exact) mass is 157 g/mol. The molecule has 0 amide bonds. The molecule has 0 aromatic carbocycles. The lowest BCUT2D eigenvalue weighted by Crippen LogP contribution is -2.48. The number of nitrogens with zero attached hydrogens (tertiary/aromatic N) is 1. The molecule has 1 N–H and O–H groups in total. The van der Waals surface area contributed by atoms with Crippen molar-refractivity contribution < 1.29 is 9.90 Å². The van der Waals surface area contributed by atoms with E-state index in [0.717, 1.165) is 12.8 Å². The van der Waals surface area contributed by atoms with Gasteiger partial charge in [-0.25, -0.2) is 0 Å². The molecule has 1 fully saturated rings. The molecule has 1 rings (SSSR count). The fourth-order valence-electron chi connectivity index (χ4n) is 1.07. The Morgan fingerprint density at radius 3 is 2.27 bits per heavy atom. The van der Waals surface area contributed by atoms with Gasteiger partial charge < -0.3 is 5.11 Å². The van der Waals surface area contributed by atoms with Crippen molar-refractivity contribution in [2.75, 3.05) is 7.05 Å². The minimum atomic E-state index is -0.744. The van der Waals surface area contributed by atoms with Crippen LogP contribution in [0.5, 0.6) is 0 Å². The summed E-state index contributed by atoms with van der Waals surface area (Å²) >= 11 is 0. The molecule has 0 spiro atoms. The number of carboxylic acids is 1. The van der Waals surface area contributed by atoms with Crippen LogP contribution in [0.2, 0.25) is 0 Å². The number of carboxylic acid groups (broad SMARTS) is 1. The number of hydrogen-bond acceptors (Lipinski definition) is 2. The van der Waals surface area contributed by atoms with E-state index in [1.807, 2.05) is 11.9 Å². The Morgan fingerprint density at radius 1 is 1.55 bits per heavy atom. The summed E-state index contributed by atoms with van der Waals surface area (Å²) in [6.45, 7) is 3.49. The Morgan fingerprint density at radius 2 is 2.00 bits per heavy atom. The van der Waals surface area contributed by atoms with Gasteiger partial charge in [-0.15, -0.1) is 0 Å². The molecule has 1 aliphatic carbocycles. The maximum Gasteiger partial charge on any atom is 0.323 e. The second-order valence-electron chi connectivity index (χ2n) is 3.71. The molecule has 0 saturated heterocycles. The topological polar surface area (TPSA) is 40.5 Å². The second-order valence-corrected chi connectivity index (χ2v) is 3.71. The molecule has 0 aromatic rings. The zero-order valence-electron chi connectivity index (χ0n) is 7.29. The van der Waals surface area contributed by atoms with E-state index in [0.29, 0.717) is 6.04 Å². The first-order chi connectivity index (χ1) is 4.96. The van der Waals surface area contributed by atoms with Crippen LogP contribution in [-0.2, 0) is 4.79 Å². The highest BCUT2D eigenvalue weighted by Gasteiger charge is 2.40. The highest BCUT2D eigenvalue weighted by molar-refractivity contribution is 5.77. The fourth-order valence-corrected chi connectivity index (χ4v) is 1.07. The molecule has 0 bridgehead atoms. The van der Waals surface area contributed by atoms with Gasteiger partial charge in [0.05, 0.1) is 0 Å². The van der Waals surface area contributed by atoms with Crippen molar-refractivity contribution in [2.45, 2.75) is 38.3 Å². The van der Waals surface area contributed by atoms with E-state index in [-0.39, 0.29) is 0 Å². The number of aliphatic carboxylic acids is 1. The quantitative estimate of drug-likeness (QED) is 0.663. The van der Waals surface area contributed by atoms with Crippen LogP contribution in [-0.4, -0.2) is 34.6 Å². The van der Waals surface area contributed by atoms with E-state index in [4.69, 9.17) is 5.11 Å². The van der Waals surface area contributed by atoms with E-state index < -0.39 is 11.5 Å². The first kappa shape index (κ1) is 8.53. The van der Waals surface area contributed by atoms with Crippen LogP contribution in [0.25, 0.3) is 0 Å². The molecule has 0 aromatic heterocycles. The SMILES string of the molecule is CN(C1CC1)C(C)(C)C(=O)O. The summed E-state index contributed by atoms with van der Waals surface area (Å²) in [6, 6.07) is 0.501. The number of carbonyl (C=O) groups is 1. The third-order valence-corrected chi connectivity index (χ3v) is 2.50. The molecule has 1 saturated carbocycles. The van der Waals surface area contributed by atoms with Gasteiger partial charge in [0, 0.05) is 6.04 Å². The molecular weight excluding hydrogens is 142 g/mol. The van der Waals surface area contributed by atoms with E-state index in [9.17, 15) is 4.79 Å². The second kappa shape index (κ2) is 2.48. The van der Waals surface area contributed by atoms with Crippen LogP contribution in [0.1, 0.15) is 26.7 Å². The summed E-state index contributed by atoms with van der Waals surface area (Å²) < 4.78 is 0. The van der Waals surface area contributed by atoms with Crippen molar-refractivity contribution in [1.82, 2.24) is 4.90 Å². The van der Waals surface area contributed by atoms with Crippen molar-refractivity contribution in [2.24, 2.45) is 0 Å². The molecule has 0 unspecified atom stereocenters. The van der Waals surface area contributed by atoms with Gasteiger partial charge in [-0.05, 0) is 33.7 Å². The Bertz CT molecular complexity index is 173. The first-order valence-corrected chi connectivity index (χ1v) is 3.92. The Kier molecular flexibility index (Phi) is 1.92. The third kappa shape index (κ3) is 1.53. The molecule has 64 valence electrons. The summed E-state index contributed by atoms with van der Waals surface area (Å²) in [7, 11) is 1.88. The normalized spacial score (nSPS) is 18.9. The number of rotatable bonds is 3. The molecule has 3 nitrogen and oxygen atoms in total. The van der Waals surface area contributed by atoms with Gasteiger partial charge in [-0.1, -0.05) is 0 Å². The van der Waals surface area contributed by atoms with Gasteiger partial charge in [-0.3, -0.25) is 9.69 Å². The maximum absolute atomic E-state index is 10.8. The largest absolute Gasteiger partial charge is 0.480 e. The lowest BCUT2D eigenvalue weighted by atomic mass is 10.0. The summed E-state index contributed by atoms with van der Waals surface area (Å²) in [4.78, 5) is 12.7. The molecule has 0 heterocycles. The molecule has 11 heavy (non-hydrogen) atoms. The van der Waals surface area contributed by atoms with Crippen LogP contribution < -0.4 is 0 Å². The standard InChI is InChI=1S/C8H15NO2/c1-8(2,7(10)11)9(3)6-4-5-6/h6H,4-5H2,1-3H3,(H,10,11). The molecule has 3 heteroatoms. The van der Waals surface area contributed by atoms with Crippen LogP contribution in [0, 0.1) is 0 Å². The average molecular weight is 157 g/mol. The van der Waals surface area contributed by atoms with Crippen molar-refractivity contribution >= 4 is 5.97 Å². The number of likely N-dealkylation sites (N-methyl/N-ethyl adjacent to an activating group) is 1. The van der Waals surface area contributed by atoms with Gasteiger partial charge in [-0.2, -0.15) is 0 Å². The zero-order chi connectivity index (χ0) is 8.65. The molecule has 0 aliphatic heterocycles. The van der Waals surface area contributed by atoms with Gasteiger partial charge >= 0.3 is 5.97 Å². The van der Waals surface area contributed by atoms with Crippen molar-refractivity contribution in [3.63, 3.8) is 0 Å². The Labute approximate surface area is 67.0 Å². The molecular formula is C8H15NO2. The smallest absolute Gasteiger partial charge is 0.323 e. The zero-order valence-corrected chi connectivity index (χ0v) is 7.29. The first-order valence-electron chi connectivity index (χ1n) is 3.92. The van der Waals surface area contributed by atoms with Gasteiger partial charge in [0.1, 0.15) is 5.54 Å². The summed E-state index contributed by atoms with van der Waals surface area (Å²) in [5, 5.41) is 8.85. The number of hydrogen-bond donors (Lipinski definition) is 1. The minimum Gasteiger partial charge on any atom is -0.480 e. The van der Waals surface area contributed by atoms with Crippen LogP contribution in [0.3, 0.4) is 0 Å². The molecule has 0 atom stereocenters.